The van der Waals surface area contributed by atoms with Crippen LogP contribution in [0.15, 0.2) is 51.9 Å². The van der Waals surface area contributed by atoms with Crippen molar-refractivity contribution in [2.45, 2.75) is 31.2 Å². The molecule has 1 heterocycles. The zero-order valence-electron chi connectivity index (χ0n) is 16.7. The van der Waals surface area contributed by atoms with Gasteiger partial charge in [0.1, 0.15) is 11.5 Å². The van der Waals surface area contributed by atoms with E-state index in [1.165, 1.54) is 6.07 Å². The van der Waals surface area contributed by atoms with E-state index in [4.69, 9.17) is 14.0 Å². The summed E-state index contributed by atoms with van der Waals surface area (Å²) in [5.41, 5.74) is 1.52. The predicted octanol–water partition coefficient (Wildman–Crippen LogP) is 3.36. The fourth-order valence-corrected chi connectivity index (χ4v) is 3.79. The summed E-state index contributed by atoms with van der Waals surface area (Å²) in [7, 11) is -0.631. The molecule has 0 saturated carbocycles. The van der Waals surface area contributed by atoms with Crippen LogP contribution in [0.25, 0.3) is 11.4 Å². The SMILES string of the molecule is COc1cccc(-c2noc(CNS(=O)(=O)c3ccc(OC)c(C(C)C)c3)n2)c1. The van der Waals surface area contributed by atoms with E-state index in [9.17, 15) is 8.42 Å². The minimum atomic E-state index is -3.76. The second-order valence-electron chi connectivity index (χ2n) is 6.63. The Morgan fingerprint density at radius 2 is 1.90 bits per heavy atom. The maximum Gasteiger partial charge on any atom is 0.242 e. The molecule has 0 bridgehead atoms. The highest BCUT2D eigenvalue weighted by Gasteiger charge is 2.19. The van der Waals surface area contributed by atoms with E-state index in [0.717, 1.165) is 5.56 Å². The number of hydrogen-bond acceptors (Lipinski definition) is 7. The van der Waals surface area contributed by atoms with Crippen LogP contribution in [-0.2, 0) is 16.6 Å². The molecule has 0 saturated heterocycles. The van der Waals surface area contributed by atoms with E-state index in [1.807, 2.05) is 26.0 Å². The van der Waals surface area contributed by atoms with Crippen molar-refractivity contribution >= 4 is 10.0 Å². The van der Waals surface area contributed by atoms with Crippen LogP contribution in [0.2, 0.25) is 0 Å². The molecule has 0 aliphatic rings. The molecule has 0 unspecified atom stereocenters. The molecule has 0 amide bonds. The number of sulfonamides is 1. The second-order valence-corrected chi connectivity index (χ2v) is 8.39. The molecule has 0 aliphatic carbocycles. The molecule has 1 N–H and O–H groups in total. The van der Waals surface area contributed by atoms with Gasteiger partial charge in [-0.1, -0.05) is 31.1 Å². The number of benzene rings is 2. The predicted molar refractivity (Wildman–Crippen MR) is 107 cm³/mol. The monoisotopic (exact) mass is 417 g/mol. The standard InChI is InChI=1S/C20H23N3O5S/c1-13(2)17-11-16(8-9-18(17)27-4)29(24,25)21-12-19-22-20(23-28-19)14-6-5-7-15(10-14)26-3/h5-11,13,21H,12H2,1-4H3. The van der Waals surface area contributed by atoms with Gasteiger partial charge < -0.3 is 14.0 Å². The topological polar surface area (TPSA) is 104 Å². The number of ether oxygens (including phenoxy) is 2. The lowest BCUT2D eigenvalue weighted by Crippen LogP contribution is -2.23. The van der Waals surface area contributed by atoms with Crippen LogP contribution < -0.4 is 14.2 Å². The molecule has 0 spiro atoms. The Morgan fingerprint density at radius 3 is 2.59 bits per heavy atom. The Bertz CT molecular complexity index is 1090. The van der Waals surface area contributed by atoms with Crippen molar-refractivity contribution in [1.82, 2.24) is 14.9 Å². The van der Waals surface area contributed by atoms with Gasteiger partial charge in [0.2, 0.25) is 21.7 Å². The molecule has 3 rings (SSSR count). The Labute approximate surface area is 169 Å². The van der Waals surface area contributed by atoms with Crippen LogP contribution in [0.5, 0.6) is 11.5 Å². The molecule has 3 aromatic rings. The zero-order chi connectivity index (χ0) is 21.0. The molecule has 9 heteroatoms. The quantitative estimate of drug-likeness (QED) is 0.599. The number of rotatable bonds is 8. The van der Waals surface area contributed by atoms with Crippen LogP contribution in [0.1, 0.15) is 31.2 Å². The van der Waals surface area contributed by atoms with Crippen LogP contribution in [-0.4, -0.2) is 32.8 Å². The lowest BCUT2D eigenvalue weighted by molar-refractivity contribution is 0.376. The smallest absolute Gasteiger partial charge is 0.242 e. The van der Waals surface area contributed by atoms with Gasteiger partial charge >= 0.3 is 0 Å². The van der Waals surface area contributed by atoms with Gasteiger partial charge in [-0.3, -0.25) is 0 Å². The van der Waals surface area contributed by atoms with Crippen molar-refractivity contribution in [3.8, 4) is 22.9 Å². The van der Waals surface area contributed by atoms with E-state index in [0.29, 0.717) is 22.9 Å². The van der Waals surface area contributed by atoms with E-state index in [-0.39, 0.29) is 23.2 Å². The summed E-state index contributed by atoms with van der Waals surface area (Å²) >= 11 is 0. The molecule has 0 radical (unpaired) electrons. The molecule has 0 atom stereocenters. The van der Waals surface area contributed by atoms with Crippen molar-refractivity contribution in [2.24, 2.45) is 0 Å². The Morgan fingerprint density at radius 1 is 1.10 bits per heavy atom. The first-order valence-electron chi connectivity index (χ1n) is 8.98. The van der Waals surface area contributed by atoms with E-state index < -0.39 is 10.0 Å². The molecule has 8 nitrogen and oxygen atoms in total. The number of nitrogens with one attached hydrogen (secondary N) is 1. The zero-order valence-corrected chi connectivity index (χ0v) is 17.5. The highest BCUT2D eigenvalue weighted by molar-refractivity contribution is 7.89. The van der Waals surface area contributed by atoms with Crippen molar-refractivity contribution in [1.29, 1.82) is 0 Å². The summed E-state index contributed by atoms with van der Waals surface area (Å²) in [5, 5.41) is 3.90. The molecule has 0 aliphatic heterocycles. The molecule has 0 fully saturated rings. The largest absolute Gasteiger partial charge is 0.497 e. The fraction of sp³-hybridized carbons (Fsp3) is 0.300. The lowest BCUT2D eigenvalue weighted by atomic mass is 10.0. The van der Waals surface area contributed by atoms with E-state index in [1.54, 1.807) is 38.5 Å². The fourth-order valence-electron chi connectivity index (χ4n) is 2.78. The van der Waals surface area contributed by atoms with Gasteiger partial charge in [-0.2, -0.15) is 4.98 Å². The minimum absolute atomic E-state index is 0.112. The first kappa shape index (κ1) is 20.8. The maximum absolute atomic E-state index is 12.7. The summed E-state index contributed by atoms with van der Waals surface area (Å²) in [4.78, 5) is 4.39. The number of hydrogen-bond donors (Lipinski definition) is 1. The van der Waals surface area contributed by atoms with Crippen LogP contribution in [0.4, 0.5) is 0 Å². The van der Waals surface area contributed by atoms with Gasteiger partial charge in [-0.25, -0.2) is 13.1 Å². The van der Waals surface area contributed by atoms with Gasteiger partial charge in [-0.15, -0.1) is 0 Å². The van der Waals surface area contributed by atoms with Gasteiger partial charge in [0.25, 0.3) is 0 Å². The average molecular weight is 417 g/mol. The second kappa shape index (κ2) is 8.62. The molecule has 2 aromatic carbocycles. The Hall–Kier alpha value is -2.91. The number of methoxy groups -OCH3 is 2. The first-order chi connectivity index (χ1) is 13.8. The normalized spacial score (nSPS) is 11.6. The number of nitrogens with zero attached hydrogens (tertiary/aromatic N) is 2. The summed E-state index contributed by atoms with van der Waals surface area (Å²) in [6, 6.07) is 12.0. The summed E-state index contributed by atoms with van der Waals surface area (Å²) in [5.74, 6) is 1.93. The number of aromatic nitrogens is 2. The highest BCUT2D eigenvalue weighted by Crippen LogP contribution is 2.29. The minimum Gasteiger partial charge on any atom is -0.497 e. The van der Waals surface area contributed by atoms with Crippen molar-refractivity contribution in [3.63, 3.8) is 0 Å². The van der Waals surface area contributed by atoms with E-state index >= 15 is 0 Å². The maximum atomic E-state index is 12.7. The van der Waals surface area contributed by atoms with Gasteiger partial charge in [0.15, 0.2) is 0 Å². The van der Waals surface area contributed by atoms with Crippen molar-refractivity contribution in [3.05, 3.63) is 53.9 Å². The third-order valence-electron chi connectivity index (χ3n) is 4.34. The van der Waals surface area contributed by atoms with E-state index in [2.05, 4.69) is 14.9 Å². The molecule has 29 heavy (non-hydrogen) atoms. The van der Waals surface area contributed by atoms with Crippen LogP contribution in [0, 0.1) is 0 Å². The Kier molecular flexibility index (Phi) is 6.19. The molecular formula is C20H23N3O5S. The van der Waals surface area contributed by atoms with Crippen LogP contribution >= 0.6 is 0 Å². The summed E-state index contributed by atoms with van der Waals surface area (Å²) in [6.45, 7) is 3.82. The van der Waals surface area contributed by atoms with Crippen molar-refractivity contribution < 1.29 is 22.4 Å². The van der Waals surface area contributed by atoms with Crippen LogP contribution in [0.3, 0.4) is 0 Å². The molecular weight excluding hydrogens is 394 g/mol. The molecule has 1 aromatic heterocycles. The third-order valence-corrected chi connectivity index (χ3v) is 5.74. The summed E-state index contributed by atoms with van der Waals surface area (Å²) in [6.07, 6.45) is 0. The molecule has 154 valence electrons. The first-order valence-corrected chi connectivity index (χ1v) is 10.5. The highest BCUT2D eigenvalue weighted by atomic mass is 32.2. The lowest BCUT2D eigenvalue weighted by Gasteiger charge is -2.13. The van der Waals surface area contributed by atoms with Gasteiger partial charge in [0, 0.05) is 5.56 Å². The summed E-state index contributed by atoms with van der Waals surface area (Å²) < 4.78 is 43.5. The van der Waals surface area contributed by atoms with Gasteiger partial charge in [-0.05, 0) is 41.8 Å². The third kappa shape index (κ3) is 4.75. The van der Waals surface area contributed by atoms with Crippen molar-refractivity contribution in [2.75, 3.05) is 14.2 Å². The average Bonchev–Trinajstić information content (AvgIpc) is 3.21. The van der Waals surface area contributed by atoms with Gasteiger partial charge in [0.05, 0.1) is 25.7 Å². The Balaban J connectivity index is 1.76.